The van der Waals surface area contributed by atoms with Gasteiger partial charge in [0.05, 0.1) is 18.3 Å². The Morgan fingerprint density at radius 3 is 2.62 bits per heavy atom. The second-order valence-corrected chi connectivity index (χ2v) is 9.38. The molecule has 2 rings (SSSR count). The highest BCUT2D eigenvalue weighted by Crippen LogP contribution is 2.51. The summed E-state index contributed by atoms with van der Waals surface area (Å²) in [6, 6.07) is 0. The Hall–Kier alpha value is -0.950. The van der Waals surface area contributed by atoms with Gasteiger partial charge < -0.3 is 24.8 Å². The van der Waals surface area contributed by atoms with Gasteiger partial charge in [0.15, 0.2) is 0 Å². The number of carbonyl (C=O) groups is 1. The fourth-order valence-corrected chi connectivity index (χ4v) is 5.06. The molecule has 29 heavy (non-hydrogen) atoms. The molecule has 7 atom stereocenters. The number of carboxylic acid groups (broad SMARTS) is 1. The van der Waals surface area contributed by atoms with Crippen molar-refractivity contribution in [2.75, 3.05) is 19.8 Å². The van der Waals surface area contributed by atoms with E-state index in [9.17, 15) is 15.0 Å². The van der Waals surface area contributed by atoms with Crippen LogP contribution in [0, 0.1) is 29.6 Å². The van der Waals surface area contributed by atoms with E-state index in [0.29, 0.717) is 36.7 Å². The Bertz CT molecular complexity index is 519. The third kappa shape index (κ3) is 8.36. The Morgan fingerprint density at radius 1 is 1.17 bits per heavy atom. The molecule has 2 fully saturated rings. The molecule has 2 saturated carbocycles. The lowest BCUT2D eigenvalue weighted by molar-refractivity contribution is -0.142. The molecule has 2 aliphatic rings. The smallest absolute Gasteiger partial charge is 0.329 e. The number of rotatable bonds is 13. The Morgan fingerprint density at radius 2 is 1.93 bits per heavy atom. The van der Waals surface area contributed by atoms with E-state index >= 15 is 0 Å². The van der Waals surface area contributed by atoms with Crippen molar-refractivity contribution in [2.45, 2.75) is 77.6 Å². The molecular weight excluding hydrogens is 372 g/mol. The Kier molecular flexibility index (Phi) is 10.1. The zero-order chi connectivity index (χ0) is 21.4. The maximum Gasteiger partial charge on any atom is 0.329 e. The molecule has 0 saturated heterocycles. The second kappa shape index (κ2) is 12.0. The van der Waals surface area contributed by atoms with E-state index in [1.165, 1.54) is 0 Å². The van der Waals surface area contributed by atoms with Crippen LogP contribution in [0.5, 0.6) is 0 Å². The molecule has 0 spiro atoms. The predicted octanol–water partition coefficient (Wildman–Crippen LogP) is 3.26. The summed E-state index contributed by atoms with van der Waals surface area (Å²) in [5.41, 5.74) is 0. The van der Waals surface area contributed by atoms with Crippen LogP contribution in [0.4, 0.5) is 0 Å². The summed E-state index contributed by atoms with van der Waals surface area (Å²) >= 11 is 0. The van der Waals surface area contributed by atoms with Gasteiger partial charge in [-0.05, 0) is 76.0 Å². The number of ether oxygens (including phenoxy) is 2. The summed E-state index contributed by atoms with van der Waals surface area (Å²) in [6.45, 7) is 7.16. The summed E-state index contributed by atoms with van der Waals surface area (Å²) < 4.78 is 10.8. The van der Waals surface area contributed by atoms with Crippen LogP contribution in [0.15, 0.2) is 12.2 Å². The van der Waals surface area contributed by atoms with E-state index in [2.05, 4.69) is 6.92 Å². The van der Waals surface area contributed by atoms with Gasteiger partial charge in [0.1, 0.15) is 6.61 Å². The summed E-state index contributed by atoms with van der Waals surface area (Å²) in [4.78, 5) is 10.5. The van der Waals surface area contributed by atoms with Gasteiger partial charge >= 0.3 is 5.97 Å². The van der Waals surface area contributed by atoms with Crippen LogP contribution in [0.3, 0.4) is 0 Å². The molecule has 0 aliphatic heterocycles. The SMILES string of the molecule is CC(CCOC(C)C)CC(O)C=C[C@H]1[C@@H]2CC(CCOCC(=O)O)C[C@H]2C[C@@H]1O. The lowest BCUT2D eigenvalue weighted by Crippen LogP contribution is -2.19. The fraction of sp³-hybridized carbons (Fsp3) is 0.870. The topological polar surface area (TPSA) is 96.2 Å². The maximum atomic E-state index is 10.5. The minimum atomic E-state index is -0.929. The highest BCUT2D eigenvalue weighted by atomic mass is 16.5. The molecule has 0 heterocycles. The molecule has 0 aromatic heterocycles. The van der Waals surface area contributed by atoms with Crippen LogP contribution < -0.4 is 0 Å². The molecule has 0 radical (unpaired) electrons. The predicted molar refractivity (Wildman–Crippen MR) is 112 cm³/mol. The Balaban J connectivity index is 1.74. The van der Waals surface area contributed by atoms with E-state index in [1.807, 2.05) is 26.0 Å². The van der Waals surface area contributed by atoms with Crippen molar-refractivity contribution in [1.29, 1.82) is 0 Å². The van der Waals surface area contributed by atoms with Crippen molar-refractivity contribution in [2.24, 2.45) is 29.6 Å². The fourth-order valence-electron chi connectivity index (χ4n) is 5.06. The molecular formula is C23H40O6. The van der Waals surface area contributed by atoms with Crippen LogP contribution >= 0.6 is 0 Å². The zero-order valence-corrected chi connectivity index (χ0v) is 18.2. The number of aliphatic carboxylic acids is 1. The molecule has 0 bridgehead atoms. The van der Waals surface area contributed by atoms with Gasteiger partial charge in [0, 0.05) is 19.1 Å². The molecule has 0 aromatic rings. The summed E-state index contributed by atoms with van der Waals surface area (Å²) in [5.74, 6) is 1.08. The number of hydrogen-bond donors (Lipinski definition) is 3. The van der Waals surface area contributed by atoms with E-state index in [1.54, 1.807) is 0 Å². The first-order chi connectivity index (χ1) is 13.8. The molecule has 0 amide bonds. The van der Waals surface area contributed by atoms with E-state index in [0.717, 1.165) is 38.7 Å². The number of fused-ring (bicyclic) bond motifs is 1. The van der Waals surface area contributed by atoms with Crippen LogP contribution in [0.25, 0.3) is 0 Å². The van der Waals surface area contributed by atoms with Gasteiger partial charge in [-0.25, -0.2) is 4.79 Å². The zero-order valence-electron chi connectivity index (χ0n) is 18.2. The third-order valence-electron chi connectivity index (χ3n) is 6.49. The van der Waals surface area contributed by atoms with E-state index in [-0.39, 0.29) is 24.7 Å². The van der Waals surface area contributed by atoms with Crippen molar-refractivity contribution in [1.82, 2.24) is 0 Å². The van der Waals surface area contributed by atoms with Crippen LogP contribution in [0.1, 0.15) is 59.3 Å². The first-order valence-corrected chi connectivity index (χ1v) is 11.2. The largest absolute Gasteiger partial charge is 0.480 e. The second-order valence-electron chi connectivity index (χ2n) is 9.38. The minimum absolute atomic E-state index is 0.110. The molecule has 168 valence electrons. The lowest BCUT2D eigenvalue weighted by atomic mass is 9.89. The number of carboxylic acids is 1. The van der Waals surface area contributed by atoms with Gasteiger partial charge in [-0.2, -0.15) is 0 Å². The van der Waals surface area contributed by atoms with Crippen LogP contribution in [-0.2, 0) is 14.3 Å². The van der Waals surface area contributed by atoms with Crippen molar-refractivity contribution in [3.8, 4) is 0 Å². The van der Waals surface area contributed by atoms with E-state index in [4.69, 9.17) is 14.6 Å². The van der Waals surface area contributed by atoms with Crippen molar-refractivity contribution in [3.63, 3.8) is 0 Å². The molecule has 6 heteroatoms. The number of aliphatic hydroxyl groups is 2. The lowest BCUT2D eigenvalue weighted by Gasteiger charge is -2.20. The molecule has 6 nitrogen and oxygen atoms in total. The monoisotopic (exact) mass is 412 g/mol. The maximum absolute atomic E-state index is 10.5. The molecule has 3 N–H and O–H groups in total. The van der Waals surface area contributed by atoms with Gasteiger partial charge in [0.25, 0.3) is 0 Å². The number of hydrogen-bond acceptors (Lipinski definition) is 5. The van der Waals surface area contributed by atoms with Crippen LogP contribution in [0.2, 0.25) is 0 Å². The standard InChI is InChI=1S/C23H40O6/c1-15(2)29-9-6-16(3)10-19(24)4-5-20-21-12-17(7-8-28-14-23(26)27)11-18(21)13-22(20)25/h4-5,15-22,24-25H,6-14H2,1-3H3,(H,26,27)/t16?,17?,18-,19?,20-,21+,22-/m0/s1. The van der Waals surface area contributed by atoms with Gasteiger partial charge in [0.2, 0.25) is 0 Å². The quantitative estimate of drug-likeness (QED) is 0.317. The van der Waals surface area contributed by atoms with Gasteiger partial charge in [-0.3, -0.25) is 0 Å². The summed E-state index contributed by atoms with van der Waals surface area (Å²) in [5, 5.41) is 29.5. The van der Waals surface area contributed by atoms with Gasteiger partial charge in [-0.1, -0.05) is 19.1 Å². The first kappa shape index (κ1) is 24.3. The Labute approximate surface area is 175 Å². The minimum Gasteiger partial charge on any atom is -0.480 e. The number of aliphatic hydroxyl groups excluding tert-OH is 2. The first-order valence-electron chi connectivity index (χ1n) is 11.2. The molecule has 0 aromatic carbocycles. The highest BCUT2D eigenvalue weighted by molar-refractivity contribution is 5.67. The summed E-state index contributed by atoms with van der Waals surface area (Å²) in [6.07, 6.45) is 8.82. The van der Waals surface area contributed by atoms with Gasteiger partial charge in [-0.15, -0.1) is 0 Å². The van der Waals surface area contributed by atoms with Crippen molar-refractivity contribution in [3.05, 3.63) is 12.2 Å². The van der Waals surface area contributed by atoms with Crippen molar-refractivity contribution >= 4 is 5.97 Å². The van der Waals surface area contributed by atoms with Crippen molar-refractivity contribution < 1.29 is 29.6 Å². The average Bonchev–Trinajstić information content (AvgIpc) is 3.13. The van der Waals surface area contributed by atoms with Crippen LogP contribution in [-0.4, -0.2) is 59.4 Å². The highest BCUT2D eigenvalue weighted by Gasteiger charge is 2.46. The summed E-state index contributed by atoms with van der Waals surface area (Å²) in [7, 11) is 0. The molecule has 3 unspecified atom stereocenters. The third-order valence-corrected chi connectivity index (χ3v) is 6.49. The van der Waals surface area contributed by atoms with E-state index < -0.39 is 12.1 Å². The molecule has 2 aliphatic carbocycles. The average molecular weight is 413 g/mol. The normalized spacial score (nSPS) is 31.4.